The van der Waals surface area contributed by atoms with Gasteiger partial charge in [-0.2, -0.15) is 0 Å². The summed E-state index contributed by atoms with van der Waals surface area (Å²) in [7, 11) is 0. The fourth-order valence-corrected chi connectivity index (χ4v) is 5.71. The molecule has 4 heterocycles. The van der Waals surface area contributed by atoms with Gasteiger partial charge in [0.25, 0.3) is 0 Å². The van der Waals surface area contributed by atoms with Gasteiger partial charge in [0.1, 0.15) is 5.65 Å². The average molecular weight is 458 g/mol. The van der Waals surface area contributed by atoms with Crippen LogP contribution in [-0.4, -0.2) is 24.3 Å². The number of aromatic nitrogens is 5. The zero-order chi connectivity index (χ0) is 25.2. The number of hydrogen-bond acceptors (Lipinski definition) is 4. The minimum Gasteiger partial charge on any atom is -0.279 e. The van der Waals surface area contributed by atoms with E-state index in [-0.39, 0.29) is 27.1 Å². The number of nitrogens with zero attached hydrogens (tertiary/aromatic N) is 5. The van der Waals surface area contributed by atoms with E-state index in [4.69, 9.17) is 19.9 Å². The topological polar surface area (TPSA) is 56.0 Å². The summed E-state index contributed by atoms with van der Waals surface area (Å²) in [6.07, 6.45) is 1.91. The zero-order valence-electron chi connectivity index (χ0n) is 23.0. The SMILES string of the molecule is CC(C)(C)c1nccc2c1cc(C(C)(C)C)n1c3nc4c(nc3nc21)C(C)(C)C(C)(C)C4(C)C. The van der Waals surface area contributed by atoms with E-state index in [9.17, 15) is 0 Å². The zero-order valence-corrected chi connectivity index (χ0v) is 23.0. The van der Waals surface area contributed by atoms with Crippen molar-refractivity contribution in [1.82, 2.24) is 24.3 Å². The quantitative estimate of drug-likeness (QED) is 0.285. The maximum atomic E-state index is 5.36. The number of hydrogen-bond donors (Lipinski definition) is 0. The molecule has 4 aromatic heterocycles. The molecule has 0 fully saturated rings. The summed E-state index contributed by atoms with van der Waals surface area (Å²) in [5.41, 5.74) is 6.56. The van der Waals surface area contributed by atoms with Gasteiger partial charge in [0.15, 0.2) is 11.3 Å². The standard InChI is InChI=1S/C29H39N5/c1-25(2,3)18-15-17-16(13-14-30-19(17)26(4,5)6)23-33-22-24(34(18)23)32-21-20(31-22)27(7,8)29(11,12)28(21,9)10/h13-15H,1-12H3. The monoisotopic (exact) mass is 457 g/mol. The van der Waals surface area contributed by atoms with Crippen LogP contribution in [0.1, 0.15) is 106 Å². The van der Waals surface area contributed by atoms with E-state index < -0.39 is 0 Å². The molecular formula is C29H39N5. The van der Waals surface area contributed by atoms with Crippen LogP contribution in [0.25, 0.3) is 27.7 Å². The summed E-state index contributed by atoms with van der Waals surface area (Å²) < 4.78 is 2.26. The van der Waals surface area contributed by atoms with Crippen molar-refractivity contribution in [3.05, 3.63) is 41.1 Å². The molecule has 5 rings (SSSR count). The van der Waals surface area contributed by atoms with E-state index in [0.29, 0.717) is 0 Å². The molecule has 5 heteroatoms. The van der Waals surface area contributed by atoms with Crippen LogP contribution in [0.3, 0.4) is 0 Å². The molecule has 0 saturated heterocycles. The molecule has 1 aliphatic carbocycles. The number of pyridine rings is 2. The highest BCUT2D eigenvalue weighted by Gasteiger charge is 2.59. The highest BCUT2D eigenvalue weighted by molar-refractivity contribution is 5.99. The van der Waals surface area contributed by atoms with E-state index in [1.807, 2.05) is 6.20 Å². The molecule has 0 saturated carbocycles. The highest BCUT2D eigenvalue weighted by atomic mass is 15.1. The third-order valence-corrected chi connectivity index (χ3v) is 9.04. The first-order valence-electron chi connectivity index (χ1n) is 12.4. The smallest absolute Gasteiger partial charge is 0.198 e. The Morgan fingerprint density at radius 1 is 0.706 bits per heavy atom. The van der Waals surface area contributed by atoms with Gasteiger partial charge in [-0.1, -0.05) is 83.1 Å². The van der Waals surface area contributed by atoms with Gasteiger partial charge >= 0.3 is 0 Å². The Labute approximate surface area is 203 Å². The van der Waals surface area contributed by atoms with Crippen molar-refractivity contribution >= 4 is 27.7 Å². The van der Waals surface area contributed by atoms with Crippen LogP contribution in [0.2, 0.25) is 0 Å². The van der Waals surface area contributed by atoms with Gasteiger partial charge in [-0.3, -0.25) is 9.38 Å². The summed E-state index contributed by atoms with van der Waals surface area (Å²) in [5, 5.41) is 2.27. The maximum absolute atomic E-state index is 5.36. The van der Waals surface area contributed by atoms with E-state index in [2.05, 4.69) is 99.6 Å². The first-order valence-corrected chi connectivity index (χ1v) is 12.4. The summed E-state index contributed by atoms with van der Waals surface area (Å²) in [6, 6.07) is 4.40. The Morgan fingerprint density at radius 2 is 1.29 bits per heavy atom. The van der Waals surface area contributed by atoms with E-state index in [0.717, 1.165) is 44.8 Å². The lowest BCUT2D eigenvalue weighted by Crippen LogP contribution is -2.42. The average Bonchev–Trinajstić information content (AvgIpc) is 3.12. The van der Waals surface area contributed by atoms with Crippen molar-refractivity contribution in [2.24, 2.45) is 5.41 Å². The molecule has 34 heavy (non-hydrogen) atoms. The summed E-state index contributed by atoms with van der Waals surface area (Å²) in [6.45, 7) is 27.3. The van der Waals surface area contributed by atoms with Gasteiger partial charge in [-0.15, -0.1) is 0 Å². The maximum Gasteiger partial charge on any atom is 0.198 e. The molecule has 5 nitrogen and oxygen atoms in total. The first-order chi connectivity index (χ1) is 15.4. The molecule has 0 unspecified atom stereocenters. The summed E-state index contributed by atoms with van der Waals surface area (Å²) >= 11 is 0. The van der Waals surface area contributed by atoms with Crippen LogP contribution < -0.4 is 0 Å². The van der Waals surface area contributed by atoms with Gasteiger partial charge in [0.2, 0.25) is 0 Å². The predicted molar refractivity (Wildman–Crippen MR) is 141 cm³/mol. The summed E-state index contributed by atoms with van der Waals surface area (Å²) in [4.78, 5) is 20.5. The molecule has 0 radical (unpaired) electrons. The third kappa shape index (κ3) is 2.73. The van der Waals surface area contributed by atoms with Crippen LogP contribution >= 0.6 is 0 Å². The van der Waals surface area contributed by atoms with E-state index >= 15 is 0 Å². The second-order valence-corrected chi connectivity index (χ2v) is 13.9. The van der Waals surface area contributed by atoms with Crippen LogP contribution in [-0.2, 0) is 21.7 Å². The number of rotatable bonds is 0. The largest absolute Gasteiger partial charge is 0.279 e. The molecule has 0 bridgehead atoms. The molecule has 0 amide bonds. The van der Waals surface area contributed by atoms with E-state index in [1.54, 1.807) is 0 Å². The molecule has 180 valence electrons. The molecule has 0 aromatic carbocycles. The van der Waals surface area contributed by atoms with Crippen molar-refractivity contribution in [2.75, 3.05) is 0 Å². The van der Waals surface area contributed by atoms with Crippen LogP contribution in [0.15, 0.2) is 18.3 Å². The van der Waals surface area contributed by atoms with Crippen LogP contribution in [0, 0.1) is 5.41 Å². The molecule has 0 N–H and O–H groups in total. The van der Waals surface area contributed by atoms with E-state index in [1.165, 1.54) is 5.69 Å². The molecule has 0 aliphatic heterocycles. The van der Waals surface area contributed by atoms with Gasteiger partial charge < -0.3 is 0 Å². The Morgan fingerprint density at radius 3 is 1.85 bits per heavy atom. The van der Waals surface area contributed by atoms with Crippen molar-refractivity contribution in [1.29, 1.82) is 0 Å². The molecular weight excluding hydrogens is 418 g/mol. The van der Waals surface area contributed by atoms with Crippen molar-refractivity contribution < 1.29 is 0 Å². The van der Waals surface area contributed by atoms with Crippen molar-refractivity contribution in [2.45, 2.75) is 105 Å². The van der Waals surface area contributed by atoms with Gasteiger partial charge in [0.05, 0.1) is 17.1 Å². The fourth-order valence-electron chi connectivity index (χ4n) is 5.71. The third-order valence-electron chi connectivity index (χ3n) is 9.04. The minimum absolute atomic E-state index is 0.00837. The normalized spacial score (nSPS) is 19.3. The predicted octanol–water partition coefficient (Wildman–Crippen LogP) is 7.02. The van der Waals surface area contributed by atoms with Gasteiger partial charge in [-0.05, 0) is 17.5 Å². The molecule has 4 aromatic rings. The minimum atomic E-state index is -0.112. The number of fused-ring (bicyclic) bond motifs is 6. The molecule has 0 atom stereocenters. The fraction of sp³-hybridized carbons (Fsp3) is 0.586. The second-order valence-electron chi connectivity index (χ2n) is 13.9. The van der Waals surface area contributed by atoms with Crippen LogP contribution in [0.4, 0.5) is 0 Å². The Hall–Kier alpha value is -2.56. The Bertz CT molecular complexity index is 1490. The lowest BCUT2D eigenvalue weighted by molar-refractivity contribution is 0.122. The second kappa shape index (κ2) is 6.35. The molecule has 0 spiro atoms. The number of imidazole rings is 1. The lowest BCUT2D eigenvalue weighted by Gasteiger charge is -2.43. The lowest BCUT2D eigenvalue weighted by atomic mass is 9.60. The first kappa shape index (κ1) is 23.2. The van der Waals surface area contributed by atoms with Crippen molar-refractivity contribution in [3.63, 3.8) is 0 Å². The highest BCUT2D eigenvalue weighted by Crippen LogP contribution is 2.60. The van der Waals surface area contributed by atoms with Gasteiger partial charge in [0, 0.05) is 44.3 Å². The summed E-state index contributed by atoms with van der Waals surface area (Å²) in [5.74, 6) is 0. The van der Waals surface area contributed by atoms with Gasteiger partial charge in [-0.25, -0.2) is 15.0 Å². The Balaban J connectivity index is 1.99. The van der Waals surface area contributed by atoms with Crippen LogP contribution in [0.5, 0.6) is 0 Å². The Kier molecular flexibility index (Phi) is 4.33. The molecule has 1 aliphatic rings. The van der Waals surface area contributed by atoms with Crippen molar-refractivity contribution in [3.8, 4) is 0 Å².